The van der Waals surface area contributed by atoms with Gasteiger partial charge in [-0.25, -0.2) is 4.98 Å². The summed E-state index contributed by atoms with van der Waals surface area (Å²) < 4.78 is 2.11. The summed E-state index contributed by atoms with van der Waals surface area (Å²) in [6.45, 7) is 9.59. The number of aromatic nitrogens is 2. The molecule has 4 heteroatoms. The van der Waals surface area contributed by atoms with E-state index in [9.17, 15) is 0 Å². The number of hydrogen-bond donors (Lipinski definition) is 0. The first-order valence-corrected chi connectivity index (χ1v) is 8.29. The van der Waals surface area contributed by atoms with E-state index in [0.717, 1.165) is 31.0 Å². The SMILES string of the molecule is CCCN(CCC)CC(Cl)c1ccc2c(c1)nc(C)n2C. The van der Waals surface area contributed by atoms with Crippen molar-refractivity contribution >= 4 is 22.6 Å². The number of rotatable bonds is 7. The van der Waals surface area contributed by atoms with Crippen LogP contribution in [0.15, 0.2) is 18.2 Å². The van der Waals surface area contributed by atoms with Crippen molar-refractivity contribution in [3.8, 4) is 0 Å². The molecule has 0 radical (unpaired) electrons. The van der Waals surface area contributed by atoms with Gasteiger partial charge in [0.2, 0.25) is 0 Å². The first-order chi connectivity index (χ1) is 10.1. The maximum Gasteiger partial charge on any atom is 0.106 e. The first-order valence-electron chi connectivity index (χ1n) is 7.86. The van der Waals surface area contributed by atoms with Crippen molar-refractivity contribution in [1.82, 2.24) is 14.5 Å². The van der Waals surface area contributed by atoms with Crippen LogP contribution in [0.2, 0.25) is 0 Å². The molecule has 1 heterocycles. The summed E-state index contributed by atoms with van der Waals surface area (Å²) >= 11 is 6.64. The number of fused-ring (bicyclic) bond motifs is 1. The zero-order valence-electron chi connectivity index (χ0n) is 13.6. The van der Waals surface area contributed by atoms with Gasteiger partial charge in [-0.15, -0.1) is 11.6 Å². The molecule has 0 saturated heterocycles. The second-order valence-electron chi connectivity index (χ2n) is 5.73. The quantitative estimate of drug-likeness (QED) is 0.712. The molecule has 0 N–H and O–H groups in total. The Labute approximate surface area is 132 Å². The Morgan fingerprint density at radius 1 is 1.24 bits per heavy atom. The molecule has 0 aliphatic rings. The number of alkyl halides is 1. The Hall–Kier alpha value is -1.06. The lowest BCUT2D eigenvalue weighted by Crippen LogP contribution is -2.28. The Kier molecular flexibility index (Phi) is 5.65. The zero-order valence-corrected chi connectivity index (χ0v) is 14.3. The number of nitrogens with zero attached hydrogens (tertiary/aromatic N) is 3. The molecule has 1 aromatic carbocycles. The lowest BCUT2D eigenvalue weighted by atomic mass is 10.1. The molecule has 0 aliphatic carbocycles. The van der Waals surface area contributed by atoms with Crippen LogP contribution in [0.1, 0.15) is 43.5 Å². The minimum absolute atomic E-state index is 0.0230. The molecule has 0 fully saturated rings. The summed E-state index contributed by atoms with van der Waals surface area (Å²) in [4.78, 5) is 7.05. The summed E-state index contributed by atoms with van der Waals surface area (Å²) in [5.41, 5.74) is 3.37. The third-order valence-corrected chi connectivity index (χ3v) is 4.38. The fourth-order valence-corrected chi connectivity index (χ4v) is 3.12. The van der Waals surface area contributed by atoms with Gasteiger partial charge in [0.15, 0.2) is 0 Å². The van der Waals surface area contributed by atoms with Crippen LogP contribution in [0.3, 0.4) is 0 Å². The van der Waals surface area contributed by atoms with Crippen LogP contribution in [0, 0.1) is 6.92 Å². The second-order valence-corrected chi connectivity index (χ2v) is 6.26. The molecule has 116 valence electrons. The van der Waals surface area contributed by atoms with Crippen LogP contribution in [-0.4, -0.2) is 34.1 Å². The Balaban J connectivity index is 2.16. The Bertz CT molecular complexity index is 585. The van der Waals surface area contributed by atoms with Crippen LogP contribution in [0.4, 0.5) is 0 Å². The molecule has 0 bridgehead atoms. The van der Waals surface area contributed by atoms with Gasteiger partial charge in [0.1, 0.15) is 5.82 Å². The third kappa shape index (κ3) is 3.78. The monoisotopic (exact) mass is 307 g/mol. The number of hydrogen-bond acceptors (Lipinski definition) is 2. The van der Waals surface area contributed by atoms with Gasteiger partial charge >= 0.3 is 0 Å². The topological polar surface area (TPSA) is 21.1 Å². The van der Waals surface area contributed by atoms with E-state index in [4.69, 9.17) is 11.6 Å². The molecule has 1 atom stereocenters. The minimum Gasteiger partial charge on any atom is -0.331 e. The summed E-state index contributed by atoms with van der Waals surface area (Å²) in [5.74, 6) is 1.03. The van der Waals surface area contributed by atoms with Gasteiger partial charge in [-0.3, -0.25) is 0 Å². The molecule has 3 nitrogen and oxygen atoms in total. The predicted octanol–water partition coefficient (Wildman–Crippen LogP) is 4.28. The average molecular weight is 308 g/mol. The van der Waals surface area contributed by atoms with E-state index in [0.29, 0.717) is 0 Å². The number of halogens is 1. The van der Waals surface area contributed by atoms with Crippen molar-refractivity contribution in [2.24, 2.45) is 7.05 Å². The van der Waals surface area contributed by atoms with Crippen LogP contribution >= 0.6 is 11.6 Å². The second kappa shape index (κ2) is 7.28. The van der Waals surface area contributed by atoms with E-state index in [1.54, 1.807) is 0 Å². The molecule has 0 amide bonds. The van der Waals surface area contributed by atoms with Crippen LogP contribution in [0.25, 0.3) is 11.0 Å². The lowest BCUT2D eigenvalue weighted by molar-refractivity contribution is 0.275. The van der Waals surface area contributed by atoms with Crippen LogP contribution in [-0.2, 0) is 7.05 Å². The minimum atomic E-state index is 0.0230. The molecule has 0 spiro atoms. The third-order valence-electron chi connectivity index (χ3n) is 3.99. The van der Waals surface area contributed by atoms with Crippen molar-refractivity contribution in [3.63, 3.8) is 0 Å². The van der Waals surface area contributed by atoms with Gasteiger partial charge in [-0.05, 0) is 50.6 Å². The van der Waals surface area contributed by atoms with Gasteiger partial charge in [-0.1, -0.05) is 19.9 Å². The highest BCUT2D eigenvalue weighted by atomic mass is 35.5. The smallest absolute Gasteiger partial charge is 0.106 e. The van der Waals surface area contributed by atoms with E-state index >= 15 is 0 Å². The molecule has 1 aromatic heterocycles. The van der Waals surface area contributed by atoms with Crippen molar-refractivity contribution < 1.29 is 0 Å². The fourth-order valence-electron chi connectivity index (χ4n) is 2.79. The summed E-state index contributed by atoms with van der Waals surface area (Å²) in [6.07, 6.45) is 2.34. The molecule has 2 aromatic rings. The Morgan fingerprint density at radius 2 is 1.90 bits per heavy atom. The van der Waals surface area contributed by atoms with E-state index in [2.05, 4.69) is 46.5 Å². The number of benzene rings is 1. The maximum atomic E-state index is 6.64. The zero-order chi connectivity index (χ0) is 15.4. The van der Waals surface area contributed by atoms with Gasteiger partial charge in [0.25, 0.3) is 0 Å². The first kappa shape index (κ1) is 16.3. The normalized spacial score (nSPS) is 13.2. The molecule has 0 saturated carbocycles. The maximum absolute atomic E-state index is 6.64. The molecular weight excluding hydrogens is 282 g/mol. The highest BCUT2D eigenvalue weighted by Gasteiger charge is 2.14. The van der Waals surface area contributed by atoms with E-state index in [1.165, 1.54) is 23.9 Å². The van der Waals surface area contributed by atoms with E-state index in [1.807, 2.05) is 14.0 Å². The van der Waals surface area contributed by atoms with Gasteiger partial charge in [0.05, 0.1) is 16.4 Å². The summed E-state index contributed by atoms with van der Waals surface area (Å²) in [5, 5.41) is 0.0230. The molecular formula is C17H26ClN3. The predicted molar refractivity (Wildman–Crippen MR) is 91.1 cm³/mol. The molecule has 21 heavy (non-hydrogen) atoms. The highest BCUT2D eigenvalue weighted by Crippen LogP contribution is 2.25. The van der Waals surface area contributed by atoms with E-state index < -0.39 is 0 Å². The summed E-state index contributed by atoms with van der Waals surface area (Å²) in [7, 11) is 2.05. The van der Waals surface area contributed by atoms with Gasteiger partial charge < -0.3 is 9.47 Å². The van der Waals surface area contributed by atoms with Crippen molar-refractivity contribution in [2.75, 3.05) is 19.6 Å². The summed E-state index contributed by atoms with van der Waals surface area (Å²) in [6, 6.07) is 6.40. The number of imidazole rings is 1. The van der Waals surface area contributed by atoms with Crippen LogP contribution < -0.4 is 0 Å². The molecule has 2 rings (SSSR count). The largest absolute Gasteiger partial charge is 0.331 e. The number of aryl methyl sites for hydroxylation is 2. The Morgan fingerprint density at radius 3 is 2.52 bits per heavy atom. The average Bonchev–Trinajstić information content (AvgIpc) is 2.74. The van der Waals surface area contributed by atoms with Gasteiger partial charge in [-0.2, -0.15) is 0 Å². The fraction of sp³-hybridized carbons (Fsp3) is 0.588. The van der Waals surface area contributed by atoms with Crippen molar-refractivity contribution in [3.05, 3.63) is 29.6 Å². The van der Waals surface area contributed by atoms with E-state index in [-0.39, 0.29) is 5.38 Å². The van der Waals surface area contributed by atoms with Gasteiger partial charge in [0, 0.05) is 13.6 Å². The lowest BCUT2D eigenvalue weighted by Gasteiger charge is -2.23. The van der Waals surface area contributed by atoms with Crippen molar-refractivity contribution in [2.45, 2.75) is 39.0 Å². The standard InChI is InChI=1S/C17H26ClN3/c1-5-9-21(10-6-2)12-15(18)14-7-8-17-16(11-14)19-13(3)20(17)4/h7-8,11,15H,5-6,9-10,12H2,1-4H3. The van der Waals surface area contributed by atoms with Crippen molar-refractivity contribution in [1.29, 1.82) is 0 Å². The van der Waals surface area contributed by atoms with Crippen LogP contribution in [0.5, 0.6) is 0 Å². The highest BCUT2D eigenvalue weighted by molar-refractivity contribution is 6.21. The molecule has 1 unspecified atom stereocenters. The molecule has 0 aliphatic heterocycles.